The van der Waals surface area contributed by atoms with Crippen LogP contribution in [0.3, 0.4) is 0 Å². The minimum absolute atomic E-state index is 0.00474. The molecule has 3 aromatic heterocycles. The molecule has 0 bridgehead atoms. The highest BCUT2D eigenvalue weighted by molar-refractivity contribution is 6.07. The van der Waals surface area contributed by atoms with Crippen molar-refractivity contribution in [3.63, 3.8) is 0 Å². The summed E-state index contributed by atoms with van der Waals surface area (Å²) >= 11 is 0. The zero-order chi connectivity index (χ0) is 18.4. The second-order valence-electron chi connectivity index (χ2n) is 7.17. The van der Waals surface area contributed by atoms with Gasteiger partial charge in [0, 0.05) is 43.0 Å². The van der Waals surface area contributed by atoms with Gasteiger partial charge in [-0.1, -0.05) is 18.2 Å². The molecule has 1 saturated heterocycles. The van der Waals surface area contributed by atoms with Gasteiger partial charge in [0.2, 0.25) is 0 Å². The summed E-state index contributed by atoms with van der Waals surface area (Å²) in [6, 6.07) is 12.0. The number of carbonyl (C=O) groups is 1. The van der Waals surface area contributed by atoms with Crippen LogP contribution in [0, 0.1) is 0 Å². The lowest BCUT2D eigenvalue weighted by Gasteiger charge is -2.35. The highest BCUT2D eigenvalue weighted by Gasteiger charge is 2.31. The normalized spacial score (nSPS) is 17.7. The third kappa shape index (κ3) is 2.60. The van der Waals surface area contributed by atoms with Crippen molar-refractivity contribution in [1.29, 1.82) is 0 Å². The fourth-order valence-electron chi connectivity index (χ4n) is 4.16. The van der Waals surface area contributed by atoms with Gasteiger partial charge in [0.25, 0.3) is 5.91 Å². The molecular formula is C21H21N5O. The number of para-hydroxylation sites is 1. The fraction of sp³-hybridized carbons (Fsp3) is 0.286. The van der Waals surface area contributed by atoms with Gasteiger partial charge in [-0.3, -0.25) is 4.79 Å². The molecule has 5 rings (SSSR count). The highest BCUT2D eigenvalue weighted by Crippen LogP contribution is 2.33. The molecular weight excluding hydrogens is 338 g/mol. The van der Waals surface area contributed by atoms with Gasteiger partial charge in [-0.05, 0) is 31.4 Å². The molecule has 6 nitrogen and oxygen atoms in total. The van der Waals surface area contributed by atoms with Crippen LogP contribution in [0.1, 0.15) is 41.4 Å². The van der Waals surface area contributed by atoms with E-state index in [1.807, 2.05) is 59.2 Å². The number of hydrogen-bond acceptors (Lipinski definition) is 3. The predicted octanol–water partition coefficient (Wildman–Crippen LogP) is 3.59. The minimum Gasteiger partial charge on any atom is -0.350 e. The Morgan fingerprint density at radius 2 is 2.04 bits per heavy atom. The number of amides is 1. The molecule has 1 aliphatic rings. The number of likely N-dealkylation sites (tertiary alicyclic amines) is 1. The Labute approximate surface area is 157 Å². The first-order chi connectivity index (χ1) is 13.2. The van der Waals surface area contributed by atoms with E-state index in [9.17, 15) is 4.79 Å². The molecule has 27 heavy (non-hydrogen) atoms. The first-order valence-corrected chi connectivity index (χ1v) is 9.38. The summed E-state index contributed by atoms with van der Waals surface area (Å²) in [5, 5.41) is 5.22. The molecule has 1 fully saturated rings. The maximum atomic E-state index is 13.5. The van der Waals surface area contributed by atoms with Crippen molar-refractivity contribution in [3.05, 3.63) is 66.2 Å². The van der Waals surface area contributed by atoms with Crippen molar-refractivity contribution in [1.82, 2.24) is 24.1 Å². The predicted molar refractivity (Wildman–Crippen MR) is 104 cm³/mol. The van der Waals surface area contributed by atoms with Crippen LogP contribution < -0.4 is 0 Å². The number of benzene rings is 1. The van der Waals surface area contributed by atoms with Crippen LogP contribution in [0.4, 0.5) is 0 Å². The zero-order valence-corrected chi connectivity index (χ0v) is 15.2. The van der Waals surface area contributed by atoms with Crippen molar-refractivity contribution in [2.45, 2.75) is 25.3 Å². The lowest BCUT2D eigenvalue weighted by atomic mass is 9.98. The molecule has 4 aromatic rings. The van der Waals surface area contributed by atoms with E-state index in [0.717, 1.165) is 53.6 Å². The molecule has 0 spiro atoms. The summed E-state index contributed by atoms with van der Waals surface area (Å²) in [5.74, 6) is 0.0895. The quantitative estimate of drug-likeness (QED) is 0.550. The number of aromatic nitrogens is 4. The van der Waals surface area contributed by atoms with E-state index < -0.39 is 0 Å². The zero-order valence-electron chi connectivity index (χ0n) is 15.2. The molecule has 1 aromatic carbocycles. The standard InChI is InChI=1S/C21H21N5O/c1-24-14-16(15-6-2-3-7-18(15)24)21(27)25-12-5-4-8-19(25)17-10-13-26-20(23-17)9-11-22-26/h2-3,6-7,9-11,13-14,19H,4-5,8,12H2,1H3/t19-/m0/s1. The summed E-state index contributed by atoms with van der Waals surface area (Å²) < 4.78 is 3.78. The van der Waals surface area contributed by atoms with Gasteiger partial charge in [0.1, 0.15) is 0 Å². The molecule has 0 N–H and O–H groups in total. The molecule has 6 heteroatoms. The van der Waals surface area contributed by atoms with Crippen LogP contribution in [-0.2, 0) is 7.05 Å². The smallest absolute Gasteiger partial charge is 0.256 e. The summed E-state index contributed by atoms with van der Waals surface area (Å²) in [5.41, 5.74) is 3.60. The minimum atomic E-state index is 0.00474. The maximum Gasteiger partial charge on any atom is 0.256 e. The first kappa shape index (κ1) is 16.1. The average molecular weight is 359 g/mol. The van der Waals surface area contributed by atoms with Crippen LogP contribution in [0.25, 0.3) is 16.6 Å². The molecule has 4 heterocycles. The Morgan fingerprint density at radius 3 is 2.96 bits per heavy atom. The van der Waals surface area contributed by atoms with E-state index in [2.05, 4.69) is 11.2 Å². The van der Waals surface area contributed by atoms with E-state index >= 15 is 0 Å². The van der Waals surface area contributed by atoms with Crippen LogP contribution in [0.5, 0.6) is 0 Å². The Balaban J connectivity index is 1.55. The van der Waals surface area contributed by atoms with Gasteiger partial charge in [0.05, 0.1) is 23.5 Å². The van der Waals surface area contributed by atoms with E-state index in [-0.39, 0.29) is 11.9 Å². The average Bonchev–Trinajstić information content (AvgIpc) is 3.32. The van der Waals surface area contributed by atoms with Crippen molar-refractivity contribution in [2.24, 2.45) is 7.05 Å². The summed E-state index contributed by atoms with van der Waals surface area (Å²) in [6.07, 6.45) is 8.69. The number of carbonyl (C=O) groups excluding carboxylic acids is 1. The van der Waals surface area contributed by atoms with Gasteiger partial charge < -0.3 is 9.47 Å². The van der Waals surface area contributed by atoms with Gasteiger partial charge in [-0.15, -0.1) is 0 Å². The number of fused-ring (bicyclic) bond motifs is 2. The van der Waals surface area contributed by atoms with Gasteiger partial charge in [-0.2, -0.15) is 5.10 Å². The number of rotatable bonds is 2. The Morgan fingerprint density at radius 1 is 1.15 bits per heavy atom. The molecule has 0 saturated carbocycles. The second-order valence-corrected chi connectivity index (χ2v) is 7.17. The third-order valence-corrected chi connectivity index (χ3v) is 5.51. The molecule has 136 valence electrons. The summed E-state index contributed by atoms with van der Waals surface area (Å²) in [4.78, 5) is 20.2. The Hall–Kier alpha value is -3.15. The lowest BCUT2D eigenvalue weighted by Crippen LogP contribution is -2.38. The third-order valence-electron chi connectivity index (χ3n) is 5.51. The Bertz CT molecular complexity index is 1140. The van der Waals surface area contributed by atoms with Crippen LogP contribution in [0.15, 0.2) is 55.0 Å². The summed E-state index contributed by atoms with van der Waals surface area (Å²) in [7, 11) is 1.99. The van der Waals surface area contributed by atoms with E-state index in [1.165, 1.54) is 0 Å². The van der Waals surface area contributed by atoms with E-state index in [4.69, 9.17) is 4.98 Å². The van der Waals surface area contributed by atoms with Crippen LogP contribution >= 0.6 is 0 Å². The largest absolute Gasteiger partial charge is 0.350 e. The fourth-order valence-corrected chi connectivity index (χ4v) is 4.16. The van der Waals surface area contributed by atoms with Crippen molar-refractivity contribution < 1.29 is 4.79 Å². The highest BCUT2D eigenvalue weighted by atomic mass is 16.2. The molecule has 0 unspecified atom stereocenters. The van der Waals surface area contributed by atoms with Crippen molar-refractivity contribution >= 4 is 22.5 Å². The Kier molecular flexibility index (Phi) is 3.70. The molecule has 1 aliphatic heterocycles. The SMILES string of the molecule is Cn1cc(C(=O)N2CCCC[C@H]2c2ccn3nccc3n2)c2ccccc21. The number of aryl methyl sites for hydroxylation is 1. The monoisotopic (exact) mass is 359 g/mol. The second kappa shape index (κ2) is 6.23. The molecule has 1 atom stereocenters. The van der Waals surface area contributed by atoms with Crippen molar-refractivity contribution in [3.8, 4) is 0 Å². The van der Waals surface area contributed by atoms with E-state index in [1.54, 1.807) is 10.7 Å². The molecule has 0 radical (unpaired) electrons. The topological polar surface area (TPSA) is 55.4 Å². The molecule has 0 aliphatic carbocycles. The van der Waals surface area contributed by atoms with E-state index in [0.29, 0.717) is 0 Å². The van der Waals surface area contributed by atoms with Gasteiger partial charge >= 0.3 is 0 Å². The van der Waals surface area contributed by atoms with Crippen molar-refractivity contribution in [2.75, 3.05) is 6.54 Å². The summed E-state index contributed by atoms with van der Waals surface area (Å²) in [6.45, 7) is 0.763. The maximum absolute atomic E-state index is 13.5. The lowest BCUT2D eigenvalue weighted by molar-refractivity contribution is 0.0608. The van der Waals surface area contributed by atoms with Gasteiger partial charge in [-0.25, -0.2) is 9.50 Å². The number of piperidine rings is 1. The number of hydrogen-bond donors (Lipinski definition) is 0. The van der Waals surface area contributed by atoms with Crippen LogP contribution in [0.2, 0.25) is 0 Å². The number of nitrogens with zero attached hydrogens (tertiary/aromatic N) is 5. The first-order valence-electron chi connectivity index (χ1n) is 9.38. The molecule has 1 amide bonds. The van der Waals surface area contributed by atoms with Crippen LogP contribution in [-0.4, -0.2) is 36.5 Å². The van der Waals surface area contributed by atoms with Gasteiger partial charge in [0.15, 0.2) is 5.65 Å².